The van der Waals surface area contributed by atoms with Crippen molar-refractivity contribution in [2.75, 3.05) is 11.9 Å². The fraction of sp³-hybridized carbons (Fsp3) is 0.278. The third kappa shape index (κ3) is 4.96. The average molecular weight is 395 g/mol. The fourth-order valence-corrected chi connectivity index (χ4v) is 2.36. The predicted octanol–water partition coefficient (Wildman–Crippen LogP) is 4.72. The number of hydrogen-bond donors (Lipinski definition) is 1. The summed E-state index contributed by atoms with van der Waals surface area (Å²) in [7, 11) is 1.70. The first-order valence-corrected chi connectivity index (χ1v) is 8.37. The monoisotopic (exact) mass is 394 g/mol. The maximum atomic E-state index is 13.8. The molecule has 0 unspecified atom stereocenters. The second-order valence-corrected chi connectivity index (χ2v) is 6.60. The Labute approximate surface area is 149 Å². The molecule has 0 aromatic heterocycles. The number of ether oxygens (including phenoxy) is 1. The molecule has 2 aromatic carbocycles. The van der Waals surface area contributed by atoms with Crippen molar-refractivity contribution in [3.63, 3.8) is 0 Å². The molecule has 6 heteroatoms. The van der Waals surface area contributed by atoms with Gasteiger partial charge in [-0.3, -0.25) is 4.90 Å². The van der Waals surface area contributed by atoms with Gasteiger partial charge in [-0.2, -0.15) is 0 Å². The van der Waals surface area contributed by atoms with E-state index in [2.05, 4.69) is 21.2 Å². The van der Waals surface area contributed by atoms with Crippen molar-refractivity contribution in [1.29, 1.82) is 0 Å². The minimum atomic E-state index is -0.314. The molecule has 2 aromatic rings. The zero-order valence-electron chi connectivity index (χ0n) is 13.8. The highest BCUT2D eigenvalue weighted by molar-refractivity contribution is 9.10. The molecular formula is C18H20BrFN2O2. The number of carbonyl (C=O) groups excluding carboxylic acids is 1. The van der Waals surface area contributed by atoms with Crippen molar-refractivity contribution in [3.05, 3.63) is 58.3 Å². The van der Waals surface area contributed by atoms with Gasteiger partial charge in [-0.05, 0) is 50.2 Å². The lowest BCUT2D eigenvalue weighted by Gasteiger charge is -2.20. The van der Waals surface area contributed by atoms with Crippen LogP contribution in [0.3, 0.4) is 0 Å². The molecule has 2 amide bonds. The van der Waals surface area contributed by atoms with Crippen LogP contribution < -0.4 is 15.0 Å². The van der Waals surface area contributed by atoms with Crippen molar-refractivity contribution in [2.24, 2.45) is 0 Å². The van der Waals surface area contributed by atoms with Gasteiger partial charge in [-0.25, -0.2) is 9.18 Å². The first kappa shape index (κ1) is 18.3. The molecule has 0 aliphatic rings. The number of nitrogens with zero attached hydrogens (tertiary/aromatic N) is 1. The van der Waals surface area contributed by atoms with E-state index in [9.17, 15) is 9.18 Å². The fourth-order valence-electron chi connectivity index (χ4n) is 2.03. The summed E-state index contributed by atoms with van der Waals surface area (Å²) in [5, 5.41) is 2.82. The highest BCUT2D eigenvalue weighted by atomic mass is 79.9. The summed E-state index contributed by atoms with van der Waals surface area (Å²) in [6.07, 6.45) is 0. The molecule has 128 valence electrons. The minimum Gasteiger partial charge on any atom is -0.489 e. The summed E-state index contributed by atoms with van der Waals surface area (Å²) in [4.78, 5) is 13.5. The van der Waals surface area contributed by atoms with Gasteiger partial charge in [0.2, 0.25) is 0 Å². The van der Waals surface area contributed by atoms with E-state index in [-0.39, 0.29) is 24.5 Å². The molecule has 0 heterocycles. The molecule has 4 nitrogen and oxygen atoms in total. The van der Waals surface area contributed by atoms with Crippen LogP contribution in [0.4, 0.5) is 14.9 Å². The Morgan fingerprint density at radius 2 is 1.92 bits per heavy atom. The third-order valence-corrected chi connectivity index (χ3v) is 3.84. The summed E-state index contributed by atoms with van der Waals surface area (Å²) in [5.74, 6) is 0.296. The summed E-state index contributed by atoms with van der Waals surface area (Å²) in [6.45, 7) is 3.95. The zero-order valence-corrected chi connectivity index (χ0v) is 15.4. The lowest BCUT2D eigenvalue weighted by molar-refractivity contribution is 0.245. The number of hydrogen-bond acceptors (Lipinski definition) is 2. The van der Waals surface area contributed by atoms with Gasteiger partial charge in [0, 0.05) is 28.8 Å². The standard InChI is InChI=1S/C18H20BrFN2O2/c1-12(2)21-18(23)22(3)15-6-8-16(9-7-15)24-11-13-4-5-14(19)10-17(13)20/h4-10,12H,11H2,1-3H3,(H,21,23). The molecular weight excluding hydrogens is 375 g/mol. The van der Waals surface area contributed by atoms with E-state index >= 15 is 0 Å². The summed E-state index contributed by atoms with van der Waals surface area (Å²) < 4.78 is 20.0. The third-order valence-electron chi connectivity index (χ3n) is 3.35. The Hall–Kier alpha value is -2.08. The minimum absolute atomic E-state index is 0.0726. The number of urea groups is 1. The van der Waals surface area contributed by atoms with E-state index in [1.165, 1.54) is 11.0 Å². The van der Waals surface area contributed by atoms with Crippen LogP contribution in [0.5, 0.6) is 5.75 Å². The van der Waals surface area contributed by atoms with Gasteiger partial charge in [0.15, 0.2) is 0 Å². The number of carbonyl (C=O) groups is 1. The van der Waals surface area contributed by atoms with Crippen LogP contribution >= 0.6 is 15.9 Å². The molecule has 0 saturated carbocycles. The Kier molecular flexibility index (Phi) is 6.20. The summed E-state index contributed by atoms with van der Waals surface area (Å²) in [6, 6.07) is 11.8. The van der Waals surface area contributed by atoms with E-state index in [0.717, 1.165) is 5.69 Å². The van der Waals surface area contributed by atoms with Gasteiger partial charge in [0.1, 0.15) is 18.2 Å². The van der Waals surface area contributed by atoms with Crippen molar-refractivity contribution in [1.82, 2.24) is 5.32 Å². The van der Waals surface area contributed by atoms with Crippen molar-refractivity contribution in [2.45, 2.75) is 26.5 Å². The zero-order chi connectivity index (χ0) is 17.7. The molecule has 0 atom stereocenters. The van der Waals surface area contributed by atoms with Crippen molar-refractivity contribution >= 4 is 27.6 Å². The largest absolute Gasteiger partial charge is 0.489 e. The van der Waals surface area contributed by atoms with Crippen LogP contribution in [0.25, 0.3) is 0 Å². The Bertz CT molecular complexity index is 705. The van der Waals surface area contributed by atoms with Crippen LogP contribution in [0.15, 0.2) is 46.9 Å². The SMILES string of the molecule is CC(C)NC(=O)N(C)c1ccc(OCc2ccc(Br)cc2F)cc1. The van der Waals surface area contributed by atoms with Gasteiger partial charge in [-0.15, -0.1) is 0 Å². The maximum Gasteiger partial charge on any atom is 0.321 e. The van der Waals surface area contributed by atoms with Gasteiger partial charge in [-0.1, -0.05) is 22.0 Å². The number of nitrogens with one attached hydrogen (secondary N) is 1. The normalized spacial score (nSPS) is 10.6. The number of amides is 2. The second-order valence-electron chi connectivity index (χ2n) is 5.68. The van der Waals surface area contributed by atoms with Gasteiger partial charge < -0.3 is 10.1 Å². The highest BCUT2D eigenvalue weighted by Crippen LogP contribution is 2.21. The van der Waals surface area contributed by atoms with E-state index in [4.69, 9.17) is 4.74 Å². The van der Waals surface area contributed by atoms with E-state index in [1.54, 1.807) is 43.4 Å². The lowest BCUT2D eigenvalue weighted by Crippen LogP contribution is -2.40. The van der Waals surface area contributed by atoms with Crippen LogP contribution in [-0.4, -0.2) is 19.1 Å². The molecule has 0 radical (unpaired) electrons. The molecule has 0 aliphatic carbocycles. The van der Waals surface area contributed by atoms with Crippen LogP contribution in [0.2, 0.25) is 0 Å². The van der Waals surface area contributed by atoms with Crippen molar-refractivity contribution in [3.8, 4) is 5.75 Å². The molecule has 0 spiro atoms. The smallest absolute Gasteiger partial charge is 0.321 e. The number of benzene rings is 2. The number of halogens is 2. The lowest BCUT2D eigenvalue weighted by atomic mass is 10.2. The first-order chi connectivity index (χ1) is 11.4. The van der Waals surface area contributed by atoms with Gasteiger partial charge in [0.05, 0.1) is 0 Å². The molecule has 0 fully saturated rings. The number of anilines is 1. The van der Waals surface area contributed by atoms with Crippen LogP contribution in [0, 0.1) is 5.82 Å². The van der Waals surface area contributed by atoms with Crippen molar-refractivity contribution < 1.29 is 13.9 Å². The Morgan fingerprint density at radius 3 is 2.50 bits per heavy atom. The van der Waals surface area contributed by atoms with Crippen LogP contribution in [-0.2, 0) is 6.61 Å². The molecule has 24 heavy (non-hydrogen) atoms. The highest BCUT2D eigenvalue weighted by Gasteiger charge is 2.11. The van der Waals surface area contributed by atoms with Crippen LogP contribution in [0.1, 0.15) is 19.4 Å². The molecule has 0 aliphatic heterocycles. The summed E-state index contributed by atoms with van der Waals surface area (Å²) in [5.41, 5.74) is 1.23. The Morgan fingerprint density at radius 1 is 1.25 bits per heavy atom. The molecule has 1 N–H and O–H groups in total. The molecule has 0 saturated heterocycles. The quantitative estimate of drug-likeness (QED) is 0.796. The van der Waals surface area contributed by atoms with E-state index in [0.29, 0.717) is 15.8 Å². The molecule has 0 bridgehead atoms. The van der Waals surface area contributed by atoms with Gasteiger partial charge in [0.25, 0.3) is 0 Å². The molecule has 2 rings (SSSR count). The number of rotatable bonds is 5. The first-order valence-electron chi connectivity index (χ1n) is 7.58. The predicted molar refractivity (Wildman–Crippen MR) is 96.9 cm³/mol. The van der Waals surface area contributed by atoms with E-state index in [1.807, 2.05) is 13.8 Å². The van der Waals surface area contributed by atoms with E-state index < -0.39 is 0 Å². The van der Waals surface area contributed by atoms with Gasteiger partial charge >= 0.3 is 6.03 Å². The summed E-state index contributed by atoms with van der Waals surface area (Å²) >= 11 is 3.22. The maximum absolute atomic E-state index is 13.8. The topological polar surface area (TPSA) is 41.6 Å². The second kappa shape index (κ2) is 8.15. The average Bonchev–Trinajstić information content (AvgIpc) is 2.53. The Balaban J connectivity index is 1.98.